The Hall–Kier alpha value is -1.71. The molecule has 66 valence electrons. The minimum atomic E-state index is 0.0262. The van der Waals surface area contributed by atoms with Gasteiger partial charge in [0.25, 0.3) is 0 Å². The molecule has 13 heavy (non-hydrogen) atoms. The van der Waals surface area contributed by atoms with Crippen LogP contribution in [-0.4, -0.2) is 20.5 Å². The third-order valence-electron chi connectivity index (χ3n) is 1.88. The van der Waals surface area contributed by atoms with Gasteiger partial charge in [-0.2, -0.15) is 5.10 Å². The van der Waals surface area contributed by atoms with Gasteiger partial charge in [-0.1, -0.05) is 0 Å². The summed E-state index contributed by atoms with van der Waals surface area (Å²) in [4.78, 5) is 15.1. The van der Waals surface area contributed by atoms with Crippen molar-refractivity contribution in [2.75, 3.05) is 0 Å². The van der Waals surface area contributed by atoms with Crippen molar-refractivity contribution in [2.45, 2.75) is 6.92 Å². The molecule has 4 heteroatoms. The second-order valence-electron chi connectivity index (χ2n) is 3.00. The molecule has 0 fully saturated rings. The lowest BCUT2D eigenvalue weighted by Crippen LogP contribution is -1.92. The van der Waals surface area contributed by atoms with E-state index in [0.717, 1.165) is 5.39 Å². The average Bonchev–Trinajstić information content (AvgIpc) is 2.42. The van der Waals surface area contributed by atoms with Gasteiger partial charge in [-0.3, -0.25) is 9.48 Å². The van der Waals surface area contributed by atoms with E-state index < -0.39 is 0 Å². The van der Waals surface area contributed by atoms with Gasteiger partial charge < -0.3 is 0 Å². The van der Waals surface area contributed by atoms with Crippen molar-refractivity contribution in [3.05, 3.63) is 24.0 Å². The molecule has 0 saturated heterocycles. The molecule has 2 aromatic heterocycles. The molecule has 2 aromatic rings. The molecular weight excluding hydrogens is 166 g/mol. The fourth-order valence-corrected chi connectivity index (χ4v) is 1.23. The van der Waals surface area contributed by atoms with Crippen molar-refractivity contribution in [1.82, 2.24) is 14.8 Å². The van der Waals surface area contributed by atoms with E-state index in [-0.39, 0.29) is 5.78 Å². The Morgan fingerprint density at radius 2 is 2.31 bits per heavy atom. The summed E-state index contributed by atoms with van der Waals surface area (Å²) >= 11 is 0. The first-order chi connectivity index (χ1) is 6.16. The predicted molar refractivity (Wildman–Crippen MR) is 48.5 cm³/mol. The van der Waals surface area contributed by atoms with Crippen molar-refractivity contribution in [2.24, 2.45) is 7.05 Å². The number of aromatic nitrogens is 3. The lowest BCUT2D eigenvalue weighted by Gasteiger charge is -1.92. The maximum absolute atomic E-state index is 11.0. The van der Waals surface area contributed by atoms with E-state index in [1.165, 1.54) is 6.92 Å². The van der Waals surface area contributed by atoms with Crippen LogP contribution in [0.1, 0.15) is 17.3 Å². The Balaban J connectivity index is 2.67. The van der Waals surface area contributed by atoms with Crippen molar-refractivity contribution in [3.63, 3.8) is 0 Å². The van der Waals surface area contributed by atoms with Gasteiger partial charge in [0.15, 0.2) is 11.4 Å². The monoisotopic (exact) mass is 175 g/mol. The molecule has 2 rings (SSSR count). The third kappa shape index (κ3) is 1.30. The van der Waals surface area contributed by atoms with Crippen molar-refractivity contribution in [3.8, 4) is 0 Å². The molecule has 0 spiro atoms. The first-order valence-corrected chi connectivity index (χ1v) is 3.97. The summed E-state index contributed by atoms with van der Waals surface area (Å²) in [7, 11) is 1.83. The molecule has 0 bridgehead atoms. The number of ketones is 1. The number of hydrogen-bond donors (Lipinski definition) is 0. The standard InChI is InChI=1S/C9H9N3O/c1-6(13)7-3-8-5-12(2)11-9(8)10-4-7/h3-5H,1-2H3. The average molecular weight is 175 g/mol. The van der Waals surface area contributed by atoms with Crippen LogP contribution < -0.4 is 0 Å². The summed E-state index contributed by atoms with van der Waals surface area (Å²) in [6, 6.07) is 1.80. The molecule has 0 saturated carbocycles. The number of carbonyl (C=O) groups excluding carboxylic acids is 1. The van der Waals surface area contributed by atoms with Crippen molar-refractivity contribution in [1.29, 1.82) is 0 Å². The maximum atomic E-state index is 11.0. The summed E-state index contributed by atoms with van der Waals surface area (Å²) in [5.74, 6) is 0.0262. The normalized spacial score (nSPS) is 10.6. The Labute approximate surface area is 75.2 Å². The smallest absolute Gasteiger partial charge is 0.181 e. The van der Waals surface area contributed by atoms with Crippen LogP contribution in [-0.2, 0) is 7.05 Å². The number of Topliss-reactive ketones (excluding diaryl/α,β-unsaturated/α-hetero) is 1. The predicted octanol–water partition coefficient (Wildman–Crippen LogP) is 1.17. The third-order valence-corrected chi connectivity index (χ3v) is 1.88. The van der Waals surface area contributed by atoms with E-state index in [1.54, 1.807) is 16.9 Å². The molecule has 0 amide bonds. The van der Waals surface area contributed by atoms with Gasteiger partial charge >= 0.3 is 0 Å². The van der Waals surface area contributed by atoms with Crippen LogP contribution in [0.3, 0.4) is 0 Å². The molecule has 0 radical (unpaired) electrons. The first-order valence-electron chi connectivity index (χ1n) is 3.97. The molecule has 0 atom stereocenters. The second-order valence-corrected chi connectivity index (χ2v) is 3.00. The number of aryl methyl sites for hydroxylation is 1. The number of carbonyl (C=O) groups is 1. The van der Waals surface area contributed by atoms with Crippen LogP contribution in [0.4, 0.5) is 0 Å². The zero-order valence-corrected chi connectivity index (χ0v) is 7.48. The van der Waals surface area contributed by atoms with E-state index in [0.29, 0.717) is 11.2 Å². The fraction of sp³-hybridized carbons (Fsp3) is 0.222. The summed E-state index contributed by atoms with van der Waals surface area (Å²) in [6.45, 7) is 1.53. The number of rotatable bonds is 1. The SMILES string of the molecule is CC(=O)c1cnc2nn(C)cc2c1. The topological polar surface area (TPSA) is 47.8 Å². The summed E-state index contributed by atoms with van der Waals surface area (Å²) in [6.07, 6.45) is 3.40. The molecule has 2 heterocycles. The number of nitrogens with zero attached hydrogens (tertiary/aromatic N) is 3. The van der Waals surface area contributed by atoms with Crippen LogP contribution in [0.15, 0.2) is 18.5 Å². The zero-order valence-electron chi connectivity index (χ0n) is 7.48. The molecule has 0 aliphatic heterocycles. The minimum absolute atomic E-state index is 0.0262. The largest absolute Gasteiger partial charge is 0.294 e. The molecule has 0 unspecified atom stereocenters. The van der Waals surface area contributed by atoms with Gasteiger partial charge in [-0.25, -0.2) is 4.98 Å². The number of pyridine rings is 1. The molecule has 4 nitrogen and oxygen atoms in total. The highest BCUT2D eigenvalue weighted by molar-refractivity contribution is 5.96. The van der Waals surface area contributed by atoms with Gasteiger partial charge in [0.2, 0.25) is 0 Å². The molecule has 0 N–H and O–H groups in total. The molecular formula is C9H9N3O. The maximum Gasteiger partial charge on any atom is 0.181 e. The van der Waals surface area contributed by atoms with Crippen LogP contribution >= 0.6 is 0 Å². The summed E-state index contributed by atoms with van der Waals surface area (Å²) < 4.78 is 1.68. The number of fused-ring (bicyclic) bond motifs is 1. The first kappa shape index (κ1) is 7.91. The van der Waals surface area contributed by atoms with E-state index in [2.05, 4.69) is 10.1 Å². The van der Waals surface area contributed by atoms with Gasteiger partial charge in [0.05, 0.1) is 0 Å². The minimum Gasteiger partial charge on any atom is -0.294 e. The quantitative estimate of drug-likeness (QED) is 0.611. The van der Waals surface area contributed by atoms with E-state index in [1.807, 2.05) is 13.2 Å². The molecule has 0 aliphatic rings. The van der Waals surface area contributed by atoms with E-state index >= 15 is 0 Å². The lowest BCUT2D eigenvalue weighted by atomic mass is 10.2. The van der Waals surface area contributed by atoms with Crippen LogP contribution in [0, 0.1) is 0 Å². The van der Waals surface area contributed by atoms with Gasteiger partial charge in [-0.05, 0) is 13.0 Å². The van der Waals surface area contributed by atoms with E-state index in [9.17, 15) is 4.79 Å². The Bertz CT molecular complexity index is 473. The zero-order chi connectivity index (χ0) is 9.42. The Morgan fingerprint density at radius 1 is 1.54 bits per heavy atom. The Morgan fingerprint density at radius 3 is 3.00 bits per heavy atom. The van der Waals surface area contributed by atoms with E-state index in [4.69, 9.17) is 0 Å². The molecule has 0 aromatic carbocycles. The van der Waals surface area contributed by atoms with Crippen LogP contribution in [0.2, 0.25) is 0 Å². The fourth-order valence-electron chi connectivity index (χ4n) is 1.23. The summed E-state index contributed by atoms with van der Waals surface area (Å²) in [5, 5.41) is 5.01. The highest BCUT2D eigenvalue weighted by Gasteiger charge is 2.03. The highest BCUT2D eigenvalue weighted by Crippen LogP contribution is 2.11. The van der Waals surface area contributed by atoms with Gasteiger partial charge in [-0.15, -0.1) is 0 Å². The highest BCUT2D eigenvalue weighted by atomic mass is 16.1. The van der Waals surface area contributed by atoms with Gasteiger partial charge in [0, 0.05) is 30.4 Å². The summed E-state index contributed by atoms with van der Waals surface area (Å²) in [5.41, 5.74) is 1.30. The van der Waals surface area contributed by atoms with Gasteiger partial charge in [0.1, 0.15) is 0 Å². The second kappa shape index (κ2) is 2.65. The Kier molecular flexibility index (Phi) is 1.62. The lowest BCUT2D eigenvalue weighted by molar-refractivity contribution is 0.101. The molecule has 0 aliphatic carbocycles. The van der Waals surface area contributed by atoms with Crippen LogP contribution in [0.5, 0.6) is 0 Å². The van der Waals surface area contributed by atoms with Crippen molar-refractivity contribution >= 4 is 16.8 Å². The van der Waals surface area contributed by atoms with Crippen LogP contribution in [0.25, 0.3) is 11.0 Å². The number of hydrogen-bond acceptors (Lipinski definition) is 3. The van der Waals surface area contributed by atoms with Crippen molar-refractivity contribution < 1.29 is 4.79 Å².